The second-order valence-electron chi connectivity index (χ2n) is 9.14. The van der Waals surface area contributed by atoms with Crippen LogP contribution in [0.3, 0.4) is 0 Å². The van der Waals surface area contributed by atoms with Gasteiger partial charge in [0.25, 0.3) is 0 Å². The highest BCUT2D eigenvalue weighted by molar-refractivity contribution is 4.81. The molecular weight excluding hydrogens is 334 g/mol. The molecule has 0 aliphatic carbocycles. The van der Waals surface area contributed by atoms with E-state index < -0.39 is 0 Å². The van der Waals surface area contributed by atoms with Gasteiger partial charge in [-0.25, -0.2) is 0 Å². The van der Waals surface area contributed by atoms with Gasteiger partial charge in [-0.05, 0) is 32.1 Å². The second kappa shape index (κ2) is 19.0. The Morgan fingerprint density at radius 1 is 0.741 bits per heavy atom. The van der Waals surface area contributed by atoms with Gasteiger partial charge in [0.1, 0.15) is 12.6 Å². The molecule has 3 nitrogen and oxygen atoms in total. The molecule has 0 aromatic heterocycles. The summed E-state index contributed by atoms with van der Waals surface area (Å²) in [4.78, 5) is 0. The van der Waals surface area contributed by atoms with E-state index in [1.807, 2.05) is 0 Å². The van der Waals surface area contributed by atoms with E-state index in [2.05, 4.69) is 40.2 Å². The summed E-state index contributed by atoms with van der Waals surface area (Å²) in [6.07, 6.45) is 23.0. The van der Waals surface area contributed by atoms with Crippen LogP contribution < -0.4 is 0 Å². The zero-order valence-corrected chi connectivity index (χ0v) is 19.1. The highest BCUT2D eigenvalue weighted by Gasteiger charge is 2.15. The molecule has 0 aromatic rings. The number of hydrogen-bond donors (Lipinski definition) is 1. The Hall–Kier alpha value is -0.380. The maximum absolute atomic E-state index is 9.87. The van der Waals surface area contributed by atoms with Crippen molar-refractivity contribution < 1.29 is 14.3 Å². The molecule has 0 spiro atoms. The minimum Gasteiger partial charge on any atom is -0.385 e. The van der Waals surface area contributed by atoms with E-state index >= 15 is 0 Å². The summed E-state index contributed by atoms with van der Waals surface area (Å²) in [6.45, 7) is 4.28. The molecule has 0 saturated carbocycles. The van der Waals surface area contributed by atoms with Crippen LogP contribution in [0.15, 0.2) is 12.2 Å². The third-order valence-electron chi connectivity index (χ3n) is 4.87. The van der Waals surface area contributed by atoms with Gasteiger partial charge in [0.2, 0.25) is 0 Å². The zero-order valence-electron chi connectivity index (χ0n) is 19.1. The van der Waals surface area contributed by atoms with Gasteiger partial charge in [0.15, 0.2) is 0 Å². The molecule has 0 rings (SSSR count). The number of aliphatic hydroxyl groups is 1. The first kappa shape index (κ1) is 26.6. The maximum Gasteiger partial charge on any atom is 0.126 e. The normalized spacial score (nSPS) is 13.5. The van der Waals surface area contributed by atoms with Gasteiger partial charge >= 0.3 is 0 Å². The zero-order chi connectivity index (χ0) is 20.2. The van der Waals surface area contributed by atoms with E-state index in [0.717, 1.165) is 24.1 Å². The fourth-order valence-electron chi connectivity index (χ4n) is 3.36. The number of rotatable bonds is 20. The standard InChI is InChI=1S/C24H50NO2/c1-5-6-7-8-9-10-11-12-13-14-15-16-17-18-19-20-21-27-23-24(26)22-25(2,3)4/h12-13,24,26H,5-11,14-23H2,1-4H3/q+1. The van der Waals surface area contributed by atoms with Crippen molar-refractivity contribution in [2.24, 2.45) is 0 Å². The summed E-state index contributed by atoms with van der Waals surface area (Å²) in [5, 5.41) is 9.87. The fourth-order valence-corrected chi connectivity index (χ4v) is 3.36. The van der Waals surface area contributed by atoms with Crippen LogP contribution in [0, 0.1) is 0 Å². The third kappa shape index (κ3) is 23.6. The third-order valence-corrected chi connectivity index (χ3v) is 4.87. The molecule has 0 bridgehead atoms. The second-order valence-corrected chi connectivity index (χ2v) is 9.14. The quantitative estimate of drug-likeness (QED) is 0.156. The molecular formula is C24H50NO2+. The Balaban J connectivity index is 3.19. The van der Waals surface area contributed by atoms with E-state index in [0.29, 0.717) is 6.61 Å². The molecule has 1 N–H and O–H groups in total. The largest absolute Gasteiger partial charge is 0.385 e. The molecule has 162 valence electrons. The first-order chi connectivity index (χ1) is 13.0. The van der Waals surface area contributed by atoms with Crippen molar-refractivity contribution in [1.29, 1.82) is 0 Å². The number of likely N-dealkylation sites (N-methyl/N-ethyl adjacent to an activating group) is 1. The number of hydrogen-bond acceptors (Lipinski definition) is 2. The molecule has 0 aliphatic heterocycles. The average Bonchev–Trinajstić information content (AvgIpc) is 2.59. The molecule has 0 radical (unpaired) electrons. The molecule has 3 heteroatoms. The number of allylic oxidation sites excluding steroid dienone is 2. The van der Waals surface area contributed by atoms with Crippen molar-refractivity contribution in [3.8, 4) is 0 Å². The van der Waals surface area contributed by atoms with Crippen LogP contribution in [0.5, 0.6) is 0 Å². The molecule has 0 amide bonds. The fraction of sp³-hybridized carbons (Fsp3) is 0.917. The van der Waals surface area contributed by atoms with Crippen LogP contribution in [0.1, 0.15) is 96.8 Å². The van der Waals surface area contributed by atoms with Crippen LogP contribution in [-0.2, 0) is 4.74 Å². The SMILES string of the molecule is CCCCCCCCC=CCCCCCCCCOCC(O)C[N+](C)(C)C. The Bertz CT molecular complexity index is 323. The van der Waals surface area contributed by atoms with Gasteiger partial charge in [-0.2, -0.15) is 0 Å². The monoisotopic (exact) mass is 384 g/mol. The van der Waals surface area contributed by atoms with Crippen LogP contribution in [0.25, 0.3) is 0 Å². The van der Waals surface area contributed by atoms with Crippen LogP contribution in [-0.4, -0.2) is 56.6 Å². The Kier molecular flexibility index (Phi) is 18.7. The average molecular weight is 385 g/mol. The molecule has 1 unspecified atom stereocenters. The summed E-state index contributed by atoms with van der Waals surface area (Å²) in [5.74, 6) is 0. The van der Waals surface area contributed by atoms with Crippen LogP contribution in [0.4, 0.5) is 0 Å². The van der Waals surface area contributed by atoms with E-state index in [-0.39, 0.29) is 6.10 Å². The van der Waals surface area contributed by atoms with Gasteiger partial charge in [-0.3, -0.25) is 0 Å². The number of quaternary nitrogens is 1. The van der Waals surface area contributed by atoms with Crippen molar-refractivity contribution in [3.63, 3.8) is 0 Å². The van der Waals surface area contributed by atoms with E-state index in [4.69, 9.17) is 4.74 Å². The van der Waals surface area contributed by atoms with Gasteiger partial charge in [-0.15, -0.1) is 0 Å². The summed E-state index contributed by atoms with van der Waals surface area (Å²) in [6, 6.07) is 0. The van der Waals surface area contributed by atoms with Gasteiger partial charge < -0.3 is 14.3 Å². The molecule has 1 atom stereocenters. The van der Waals surface area contributed by atoms with Crippen molar-refractivity contribution in [2.75, 3.05) is 40.9 Å². The number of ether oxygens (including phenoxy) is 1. The van der Waals surface area contributed by atoms with Crippen molar-refractivity contribution in [1.82, 2.24) is 0 Å². The lowest BCUT2D eigenvalue weighted by Gasteiger charge is -2.26. The molecule has 27 heavy (non-hydrogen) atoms. The number of unbranched alkanes of at least 4 members (excludes halogenated alkanes) is 12. The minimum absolute atomic E-state index is 0.348. The van der Waals surface area contributed by atoms with Crippen molar-refractivity contribution in [2.45, 2.75) is 103 Å². The lowest BCUT2D eigenvalue weighted by atomic mass is 10.1. The van der Waals surface area contributed by atoms with E-state index in [1.54, 1.807) is 0 Å². The predicted octanol–water partition coefficient (Wildman–Crippen LogP) is 6.11. The van der Waals surface area contributed by atoms with E-state index in [1.165, 1.54) is 83.5 Å². The van der Waals surface area contributed by atoms with Gasteiger partial charge in [0, 0.05) is 6.61 Å². The Morgan fingerprint density at radius 2 is 1.22 bits per heavy atom. The van der Waals surface area contributed by atoms with E-state index in [9.17, 15) is 5.11 Å². The Morgan fingerprint density at radius 3 is 1.74 bits per heavy atom. The lowest BCUT2D eigenvalue weighted by molar-refractivity contribution is -0.873. The van der Waals surface area contributed by atoms with Crippen LogP contribution >= 0.6 is 0 Å². The maximum atomic E-state index is 9.87. The molecule has 0 aromatic carbocycles. The summed E-state index contributed by atoms with van der Waals surface area (Å²) >= 11 is 0. The van der Waals surface area contributed by atoms with Crippen LogP contribution in [0.2, 0.25) is 0 Å². The Labute approximate surface area is 170 Å². The molecule has 0 saturated heterocycles. The summed E-state index contributed by atoms with van der Waals surface area (Å²) in [7, 11) is 6.28. The predicted molar refractivity (Wildman–Crippen MR) is 119 cm³/mol. The first-order valence-corrected chi connectivity index (χ1v) is 11.7. The summed E-state index contributed by atoms with van der Waals surface area (Å²) in [5.41, 5.74) is 0. The smallest absolute Gasteiger partial charge is 0.126 e. The van der Waals surface area contributed by atoms with Gasteiger partial charge in [-0.1, -0.05) is 76.9 Å². The topological polar surface area (TPSA) is 29.5 Å². The molecule has 0 fully saturated rings. The van der Waals surface area contributed by atoms with Crippen molar-refractivity contribution >= 4 is 0 Å². The minimum atomic E-state index is -0.348. The number of aliphatic hydroxyl groups excluding tert-OH is 1. The number of nitrogens with zero attached hydrogens (tertiary/aromatic N) is 1. The highest BCUT2D eigenvalue weighted by atomic mass is 16.5. The molecule has 0 aliphatic rings. The highest BCUT2D eigenvalue weighted by Crippen LogP contribution is 2.10. The summed E-state index contributed by atoms with van der Waals surface area (Å²) < 4.78 is 6.37. The first-order valence-electron chi connectivity index (χ1n) is 11.7. The molecule has 0 heterocycles. The van der Waals surface area contributed by atoms with Gasteiger partial charge in [0.05, 0.1) is 27.7 Å². The lowest BCUT2D eigenvalue weighted by Crippen LogP contribution is -2.43. The van der Waals surface area contributed by atoms with Crippen molar-refractivity contribution in [3.05, 3.63) is 12.2 Å².